The van der Waals surface area contributed by atoms with Gasteiger partial charge in [0.15, 0.2) is 6.10 Å². The number of carboxylic acids is 1. The van der Waals surface area contributed by atoms with Crippen LogP contribution in [0.2, 0.25) is 0 Å². The molecule has 0 aromatic rings. The molecule has 0 spiro atoms. The molecule has 17 heavy (non-hydrogen) atoms. The number of hydrogen-bond donors (Lipinski definition) is 2. The second-order valence-corrected chi connectivity index (χ2v) is 3.34. The van der Waals surface area contributed by atoms with Crippen molar-refractivity contribution in [3.8, 4) is 0 Å². The van der Waals surface area contributed by atoms with Crippen molar-refractivity contribution in [1.29, 1.82) is 0 Å². The van der Waals surface area contributed by atoms with Crippen LogP contribution in [0.15, 0.2) is 0 Å². The largest absolute Gasteiger partial charge is 1.00 e. The summed E-state index contributed by atoms with van der Waals surface area (Å²) in [4.78, 5) is 31.9. The van der Waals surface area contributed by atoms with Crippen LogP contribution in [0.5, 0.6) is 0 Å². The Morgan fingerprint density at radius 3 is 2.71 bits per heavy atom. The van der Waals surface area contributed by atoms with Crippen LogP contribution in [-0.2, 0) is 19.1 Å². The minimum Gasteiger partial charge on any atom is -0.481 e. The Balaban J connectivity index is 0.00000256. The van der Waals surface area contributed by atoms with E-state index in [0.29, 0.717) is 6.54 Å². The standard InChI is InChI=1S/C9H13NO6.Na/c11-7(12)2-1-3-8(13)15-5-6-4-10-9(14)16-6;/h6H,1-5H2,(H,10,14)(H,11,12);/q;+1/t6-;/m1./s1. The second-order valence-electron chi connectivity index (χ2n) is 3.34. The smallest absolute Gasteiger partial charge is 0.481 e. The quantitative estimate of drug-likeness (QED) is 0.384. The number of carbonyl (C=O) groups excluding carboxylic acids is 2. The van der Waals surface area contributed by atoms with E-state index in [4.69, 9.17) is 14.6 Å². The van der Waals surface area contributed by atoms with E-state index >= 15 is 0 Å². The molecule has 1 atom stereocenters. The molecular weight excluding hydrogens is 241 g/mol. The summed E-state index contributed by atoms with van der Waals surface area (Å²) in [5.41, 5.74) is 0. The van der Waals surface area contributed by atoms with Crippen LogP contribution in [0, 0.1) is 0 Å². The zero-order valence-electron chi connectivity index (χ0n) is 9.60. The Hall–Kier alpha value is -0.790. The zero-order valence-corrected chi connectivity index (χ0v) is 11.6. The first-order chi connectivity index (χ1) is 7.58. The van der Waals surface area contributed by atoms with E-state index in [1.165, 1.54) is 0 Å². The van der Waals surface area contributed by atoms with E-state index in [0.717, 1.165) is 0 Å². The summed E-state index contributed by atoms with van der Waals surface area (Å²) in [6, 6.07) is 0. The molecule has 0 aromatic carbocycles. The third kappa shape index (κ3) is 7.19. The maximum atomic E-state index is 11.1. The second kappa shape index (κ2) is 8.32. The minimum atomic E-state index is -0.943. The van der Waals surface area contributed by atoms with Crippen LogP contribution in [0.1, 0.15) is 19.3 Å². The first-order valence-corrected chi connectivity index (χ1v) is 4.90. The van der Waals surface area contributed by atoms with Gasteiger partial charge in [0.05, 0.1) is 6.54 Å². The van der Waals surface area contributed by atoms with E-state index in [9.17, 15) is 14.4 Å². The van der Waals surface area contributed by atoms with Gasteiger partial charge in [-0.1, -0.05) is 0 Å². The molecule has 0 aliphatic carbocycles. The number of nitrogens with one attached hydrogen (secondary N) is 1. The third-order valence-electron chi connectivity index (χ3n) is 1.95. The van der Waals surface area contributed by atoms with Crippen LogP contribution in [0.3, 0.4) is 0 Å². The van der Waals surface area contributed by atoms with Crippen molar-refractivity contribution in [3.63, 3.8) is 0 Å². The fourth-order valence-corrected chi connectivity index (χ4v) is 1.17. The van der Waals surface area contributed by atoms with Gasteiger partial charge >= 0.3 is 47.6 Å². The Labute approximate surface area is 120 Å². The molecule has 0 unspecified atom stereocenters. The van der Waals surface area contributed by atoms with Crippen molar-refractivity contribution in [2.75, 3.05) is 13.2 Å². The Kier molecular flexibility index (Phi) is 7.94. The average Bonchev–Trinajstić information content (AvgIpc) is 2.61. The van der Waals surface area contributed by atoms with Gasteiger partial charge in [0, 0.05) is 12.8 Å². The normalized spacial score (nSPS) is 17.6. The number of alkyl carbamates (subject to hydrolysis) is 1. The predicted octanol–water partition coefficient (Wildman–Crippen LogP) is -3.10. The van der Waals surface area contributed by atoms with Crippen LogP contribution in [0.4, 0.5) is 4.79 Å². The van der Waals surface area contributed by atoms with Gasteiger partial charge in [-0.05, 0) is 6.42 Å². The van der Waals surface area contributed by atoms with E-state index in [1.807, 2.05) is 0 Å². The van der Waals surface area contributed by atoms with Crippen molar-refractivity contribution >= 4 is 18.0 Å². The van der Waals surface area contributed by atoms with E-state index in [1.54, 1.807) is 0 Å². The van der Waals surface area contributed by atoms with Crippen molar-refractivity contribution in [3.05, 3.63) is 0 Å². The SMILES string of the molecule is O=C(O)CCCC(=O)OC[C@H]1CNC(=O)O1.[Na+]. The number of rotatable bonds is 6. The predicted molar refractivity (Wildman–Crippen MR) is 50.7 cm³/mol. The van der Waals surface area contributed by atoms with Gasteiger partial charge in [-0.3, -0.25) is 9.59 Å². The molecule has 8 heteroatoms. The van der Waals surface area contributed by atoms with Crippen molar-refractivity contribution < 1.29 is 58.5 Å². The van der Waals surface area contributed by atoms with Crippen molar-refractivity contribution in [2.24, 2.45) is 0 Å². The van der Waals surface area contributed by atoms with E-state index < -0.39 is 24.1 Å². The van der Waals surface area contributed by atoms with Crippen LogP contribution >= 0.6 is 0 Å². The van der Waals surface area contributed by atoms with Gasteiger partial charge < -0.3 is 19.9 Å². The molecule has 0 radical (unpaired) electrons. The fraction of sp³-hybridized carbons (Fsp3) is 0.667. The first kappa shape index (κ1) is 16.2. The minimum absolute atomic E-state index is 0. The topological polar surface area (TPSA) is 102 Å². The molecule has 1 amide bonds. The van der Waals surface area contributed by atoms with E-state index in [-0.39, 0.29) is 55.4 Å². The molecule has 0 saturated carbocycles. The number of esters is 1. The number of ether oxygens (including phenoxy) is 2. The number of amides is 1. The van der Waals surface area contributed by atoms with Gasteiger partial charge in [-0.2, -0.15) is 0 Å². The Bertz CT molecular complexity index is 295. The number of hydrogen-bond acceptors (Lipinski definition) is 5. The summed E-state index contributed by atoms with van der Waals surface area (Å²) in [5, 5.41) is 10.8. The van der Waals surface area contributed by atoms with Gasteiger partial charge in [0.25, 0.3) is 0 Å². The summed E-state index contributed by atoms with van der Waals surface area (Å²) in [6.45, 7) is 0.325. The van der Waals surface area contributed by atoms with Gasteiger partial charge in [0.2, 0.25) is 0 Å². The van der Waals surface area contributed by atoms with Crippen molar-refractivity contribution in [2.45, 2.75) is 25.4 Å². The first-order valence-electron chi connectivity index (χ1n) is 4.90. The fourth-order valence-electron chi connectivity index (χ4n) is 1.17. The molecule has 1 aliphatic heterocycles. The maximum absolute atomic E-state index is 11.1. The molecule has 0 bridgehead atoms. The molecule has 0 aromatic heterocycles. The van der Waals surface area contributed by atoms with Gasteiger partial charge in [-0.25, -0.2) is 4.79 Å². The van der Waals surface area contributed by atoms with Gasteiger partial charge in [0.1, 0.15) is 6.61 Å². The molecular formula is C9H13NNaO6+. The summed E-state index contributed by atoms with van der Waals surface area (Å²) >= 11 is 0. The summed E-state index contributed by atoms with van der Waals surface area (Å²) < 4.78 is 9.54. The number of carboxylic acid groups (broad SMARTS) is 1. The molecule has 1 fully saturated rings. The third-order valence-corrected chi connectivity index (χ3v) is 1.95. The Morgan fingerprint density at radius 1 is 1.47 bits per heavy atom. The van der Waals surface area contributed by atoms with Crippen LogP contribution < -0.4 is 34.9 Å². The summed E-state index contributed by atoms with van der Waals surface area (Å²) in [6.07, 6.45) is -0.727. The number of cyclic esters (lactones) is 1. The molecule has 2 N–H and O–H groups in total. The average molecular weight is 254 g/mol. The Morgan fingerprint density at radius 2 is 2.18 bits per heavy atom. The monoisotopic (exact) mass is 254 g/mol. The number of carbonyl (C=O) groups is 3. The summed E-state index contributed by atoms with van der Waals surface area (Å²) in [7, 11) is 0. The molecule has 7 nitrogen and oxygen atoms in total. The zero-order chi connectivity index (χ0) is 12.0. The number of aliphatic carboxylic acids is 1. The van der Waals surface area contributed by atoms with Crippen LogP contribution in [0.25, 0.3) is 0 Å². The van der Waals surface area contributed by atoms with Crippen LogP contribution in [-0.4, -0.2) is 42.4 Å². The molecule has 1 heterocycles. The molecule has 1 rings (SSSR count). The summed E-state index contributed by atoms with van der Waals surface area (Å²) in [5.74, 6) is -1.43. The molecule has 1 aliphatic rings. The van der Waals surface area contributed by atoms with Crippen molar-refractivity contribution in [1.82, 2.24) is 5.32 Å². The molecule has 90 valence electrons. The maximum Gasteiger partial charge on any atom is 1.00 e. The molecule has 1 saturated heterocycles. The van der Waals surface area contributed by atoms with Gasteiger partial charge in [-0.15, -0.1) is 0 Å². The van der Waals surface area contributed by atoms with E-state index in [2.05, 4.69) is 5.32 Å².